The zero-order chi connectivity index (χ0) is 12.0. The molecule has 4 heteroatoms. The van der Waals surface area contributed by atoms with E-state index in [1.54, 1.807) is 26.2 Å². The van der Waals surface area contributed by atoms with E-state index in [0.717, 1.165) is 5.56 Å². The highest BCUT2D eigenvalue weighted by molar-refractivity contribution is 6.05. The van der Waals surface area contributed by atoms with Crippen molar-refractivity contribution >= 4 is 11.8 Å². The molecule has 0 N–H and O–H groups in total. The summed E-state index contributed by atoms with van der Waals surface area (Å²) in [5, 5.41) is 0. The minimum Gasteiger partial charge on any atom is -0.445 e. The molecule has 86 valence electrons. The van der Waals surface area contributed by atoms with Gasteiger partial charge < -0.3 is 4.74 Å². The highest BCUT2D eigenvalue weighted by Crippen LogP contribution is 2.04. The first kappa shape index (κ1) is 12.4. The lowest BCUT2D eigenvalue weighted by molar-refractivity contribution is 0.126. The van der Waals surface area contributed by atoms with Crippen LogP contribution in [0.4, 0.5) is 4.79 Å². The quantitative estimate of drug-likeness (QED) is 0.736. The molecule has 0 fully saturated rings. The fraction of sp³-hybridized carbons (Fsp3) is 0.417. The molecule has 0 bridgehead atoms. The lowest BCUT2D eigenvalue weighted by atomic mass is 10.1. The average molecular weight is 220 g/mol. The number of aliphatic imine (C=N–C) groups is 1. The van der Waals surface area contributed by atoms with Crippen molar-refractivity contribution in [3.63, 3.8) is 0 Å². The van der Waals surface area contributed by atoms with Crippen molar-refractivity contribution in [3.05, 3.63) is 30.1 Å². The Labute approximate surface area is 95.4 Å². The lowest BCUT2D eigenvalue weighted by Crippen LogP contribution is -2.10. The van der Waals surface area contributed by atoms with Crippen LogP contribution >= 0.6 is 0 Å². The largest absolute Gasteiger partial charge is 0.445 e. The van der Waals surface area contributed by atoms with Crippen molar-refractivity contribution < 1.29 is 9.53 Å². The molecule has 0 aliphatic carbocycles. The molecule has 0 aliphatic rings. The summed E-state index contributed by atoms with van der Waals surface area (Å²) in [6.45, 7) is 5.54. The van der Waals surface area contributed by atoms with Gasteiger partial charge in [-0.2, -0.15) is 4.99 Å². The lowest BCUT2D eigenvalue weighted by Gasteiger charge is -2.06. The van der Waals surface area contributed by atoms with Crippen molar-refractivity contribution in [2.75, 3.05) is 0 Å². The molecule has 1 aromatic rings. The summed E-state index contributed by atoms with van der Waals surface area (Å²) in [5.41, 5.74) is 1.62. The van der Waals surface area contributed by atoms with E-state index in [9.17, 15) is 4.79 Å². The van der Waals surface area contributed by atoms with Crippen LogP contribution in [0.2, 0.25) is 0 Å². The monoisotopic (exact) mass is 220 g/mol. The highest BCUT2D eigenvalue weighted by Gasteiger charge is 2.07. The van der Waals surface area contributed by atoms with Crippen molar-refractivity contribution in [2.45, 2.75) is 33.3 Å². The molecule has 4 nitrogen and oxygen atoms in total. The predicted octanol–water partition coefficient (Wildman–Crippen LogP) is 2.83. The van der Waals surface area contributed by atoms with E-state index in [0.29, 0.717) is 12.1 Å². The standard InChI is InChI=1S/C12H16N2O2/c1-4-11(10-5-7-13-8-6-10)14-12(15)16-9(2)3/h5-9H,4H2,1-3H3/b14-11-. The minimum absolute atomic E-state index is 0.146. The van der Waals surface area contributed by atoms with Crippen LogP contribution in [0.1, 0.15) is 32.8 Å². The van der Waals surface area contributed by atoms with Crippen molar-refractivity contribution in [1.29, 1.82) is 0 Å². The minimum atomic E-state index is -0.538. The zero-order valence-electron chi connectivity index (χ0n) is 9.80. The second-order valence-electron chi connectivity index (χ2n) is 3.58. The Morgan fingerprint density at radius 1 is 1.44 bits per heavy atom. The Bertz CT molecular complexity index is 372. The van der Waals surface area contributed by atoms with E-state index in [-0.39, 0.29) is 6.10 Å². The van der Waals surface area contributed by atoms with Crippen molar-refractivity contribution in [2.24, 2.45) is 4.99 Å². The molecule has 0 unspecified atom stereocenters. The van der Waals surface area contributed by atoms with Crippen LogP contribution in [-0.2, 0) is 4.74 Å². The van der Waals surface area contributed by atoms with Gasteiger partial charge in [0, 0.05) is 12.4 Å². The van der Waals surface area contributed by atoms with Gasteiger partial charge in [0.15, 0.2) is 0 Å². The molecule has 0 spiro atoms. The Morgan fingerprint density at radius 3 is 2.56 bits per heavy atom. The predicted molar refractivity (Wildman–Crippen MR) is 62.7 cm³/mol. The number of amides is 1. The molecule has 1 heterocycles. The van der Waals surface area contributed by atoms with Crippen LogP contribution in [-0.4, -0.2) is 22.9 Å². The summed E-state index contributed by atoms with van der Waals surface area (Å²) in [4.78, 5) is 19.2. The average Bonchev–Trinajstić information content (AvgIpc) is 2.26. The topological polar surface area (TPSA) is 51.5 Å². The number of aromatic nitrogens is 1. The summed E-state index contributed by atoms with van der Waals surface area (Å²) in [7, 11) is 0. The fourth-order valence-electron chi connectivity index (χ4n) is 1.23. The van der Waals surface area contributed by atoms with Gasteiger partial charge in [0.05, 0.1) is 11.8 Å². The van der Waals surface area contributed by atoms with E-state index >= 15 is 0 Å². The van der Waals surface area contributed by atoms with Crippen LogP contribution in [0.25, 0.3) is 0 Å². The van der Waals surface area contributed by atoms with E-state index in [2.05, 4.69) is 9.98 Å². The summed E-state index contributed by atoms with van der Waals surface area (Å²) < 4.78 is 4.96. The van der Waals surface area contributed by atoms with E-state index in [1.807, 2.05) is 19.1 Å². The number of pyridine rings is 1. The van der Waals surface area contributed by atoms with E-state index in [1.165, 1.54) is 0 Å². The molecular formula is C12H16N2O2. The first-order valence-corrected chi connectivity index (χ1v) is 5.32. The molecule has 1 amide bonds. The van der Waals surface area contributed by atoms with Crippen molar-refractivity contribution in [1.82, 2.24) is 4.98 Å². The number of carbonyl (C=O) groups is 1. The Balaban J connectivity index is 2.82. The third-order valence-corrected chi connectivity index (χ3v) is 1.91. The number of carbonyl (C=O) groups excluding carboxylic acids is 1. The van der Waals surface area contributed by atoms with E-state index in [4.69, 9.17) is 4.74 Å². The van der Waals surface area contributed by atoms with Gasteiger partial charge in [0.25, 0.3) is 0 Å². The van der Waals surface area contributed by atoms with Gasteiger partial charge in [0.1, 0.15) is 0 Å². The van der Waals surface area contributed by atoms with Gasteiger partial charge >= 0.3 is 6.09 Å². The molecule has 0 radical (unpaired) electrons. The molecular weight excluding hydrogens is 204 g/mol. The normalized spacial score (nSPS) is 11.6. The van der Waals surface area contributed by atoms with Gasteiger partial charge in [-0.05, 0) is 38.0 Å². The SMILES string of the molecule is CC/C(=N/C(=O)OC(C)C)c1ccncc1. The molecule has 1 aromatic heterocycles. The van der Waals surface area contributed by atoms with Crippen LogP contribution in [0.5, 0.6) is 0 Å². The second kappa shape index (κ2) is 6.00. The summed E-state index contributed by atoms with van der Waals surface area (Å²) in [6.07, 6.45) is 3.34. The molecule has 0 aliphatic heterocycles. The number of ether oxygens (including phenoxy) is 1. The number of hydrogen-bond donors (Lipinski definition) is 0. The third-order valence-electron chi connectivity index (χ3n) is 1.91. The Kier molecular flexibility index (Phi) is 4.64. The maximum Gasteiger partial charge on any atom is 0.434 e. The van der Waals surface area contributed by atoms with Crippen LogP contribution in [0, 0.1) is 0 Å². The van der Waals surface area contributed by atoms with Gasteiger partial charge in [0.2, 0.25) is 0 Å². The number of rotatable bonds is 3. The van der Waals surface area contributed by atoms with E-state index < -0.39 is 6.09 Å². The summed E-state index contributed by atoms with van der Waals surface area (Å²) in [6, 6.07) is 3.65. The fourth-order valence-corrected chi connectivity index (χ4v) is 1.23. The van der Waals surface area contributed by atoms with Crippen LogP contribution < -0.4 is 0 Å². The van der Waals surface area contributed by atoms with Gasteiger partial charge in [-0.3, -0.25) is 4.98 Å². The molecule has 0 saturated heterocycles. The zero-order valence-corrected chi connectivity index (χ0v) is 9.80. The van der Waals surface area contributed by atoms with Crippen LogP contribution in [0.3, 0.4) is 0 Å². The summed E-state index contributed by atoms with van der Waals surface area (Å²) >= 11 is 0. The summed E-state index contributed by atoms with van der Waals surface area (Å²) in [5.74, 6) is 0. The molecule has 0 aromatic carbocycles. The molecule has 0 saturated carbocycles. The van der Waals surface area contributed by atoms with Gasteiger partial charge in [-0.1, -0.05) is 6.92 Å². The number of hydrogen-bond acceptors (Lipinski definition) is 3. The number of nitrogens with zero attached hydrogens (tertiary/aromatic N) is 2. The Morgan fingerprint density at radius 2 is 2.06 bits per heavy atom. The molecule has 1 rings (SSSR count). The smallest absolute Gasteiger partial charge is 0.434 e. The van der Waals surface area contributed by atoms with Crippen LogP contribution in [0.15, 0.2) is 29.5 Å². The Hall–Kier alpha value is -1.71. The first-order chi connectivity index (χ1) is 7.63. The maximum atomic E-state index is 11.4. The molecule has 16 heavy (non-hydrogen) atoms. The maximum absolute atomic E-state index is 11.4. The molecule has 0 atom stereocenters. The van der Waals surface area contributed by atoms with Gasteiger partial charge in [-0.25, -0.2) is 4.79 Å². The van der Waals surface area contributed by atoms with Crippen molar-refractivity contribution in [3.8, 4) is 0 Å². The highest BCUT2D eigenvalue weighted by atomic mass is 16.6. The first-order valence-electron chi connectivity index (χ1n) is 5.32. The van der Waals surface area contributed by atoms with Gasteiger partial charge in [-0.15, -0.1) is 0 Å². The second-order valence-corrected chi connectivity index (χ2v) is 3.58. The third kappa shape index (κ3) is 3.81.